The zero-order valence-corrected chi connectivity index (χ0v) is 12.0. The van der Waals surface area contributed by atoms with E-state index in [4.69, 9.17) is 4.74 Å². The lowest BCUT2D eigenvalue weighted by atomic mass is 10.2. The number of rotatable bonds is 4. The molecule has 0 unspecified atom stereocenters. The fourth-order valence-electron chi connectivity index (χ4n) is 1.58. The molecule has 2 rings (SSSR count). The molecule has 0 aliphatic heterocycles. The molecule has 0 saturated carbocycles. The van der Waals surface area contributed by atoms with Gasteiger partial charge < -0.3 is 4.74 Å². The van der Waals surface area contributed by atoms with Crippen molar-refractivity contribution < 1.29 is 9.53 Å². The molecule has 0 radical (unpaired) electrons. The Kier molecular flexibility index (Phi) is 4.75. The third-order valence-electron chi connectivity index (χ3n) is 2.55. The first kappa shape index (κ1) is 13.1. The van der Waals surface area contributed by atoms with Gasteiger partial charge >= 0.3 is 5.97 Å². The standard InChI is InChI=1S/C15H13IO2/c16-14-8-6-13(7-9-14)15(17)18-11-10-12-4-2-1-3-5-12/h1-9H,10-11H2. The van der Waals surface area contributed by atoms with Crippen molar-refractivity contribution in [1.29, 1.82) is 0 Å². The molecule has 0 saturated heterocycles. The summed E-state index contributed by atoms with van der Waals surface area (Å²) in [5, 5.41) is 0. The minimum Gasteiger partial charge on any atom is -0.462 e. The van der Waals surface area contributed by atoms with Gasteiger partial charge in [0.25, 0.3) is 0 Å². The van der Waals surface area contributed by atoms with Crippen molar-refractivity contribution in [3.63, 3.8) is 0 Å². The summed E-state index contributed by atoms with van der Waals surface area (Å²) in [7, 11) is 0. The maximum absolute atomic E-state index is 11.7. The van der Waals surface area contributed by atoms with Gasteiger partial charge in [-0.1, -0.05) is 30.3 Å². The van der Waals surface area contributed by atoms with E-state index in [9.17, 15) is 4.79 Å². The zero-order valence-electron chi connectivity index (χ0n) is 9.80. The number of benzene rings is 2. The Labute approximate surface area is 120 Å². The van der Waals surface area contributed by atoms with Crippen molar-refractivity contribution in [3.05, 3.63) is 69.3 Å². The van der Waals surface area contributed by atoms with Crippen LogP contribution in [0.25, 0.3) is 0 Å². The Morgan fingerprint density at radius 3 is 2.33 bits per heavy atom. The first-order valence-electron chi connectivity index (χ1n) is 5.72. The van der Waals surface area contributed by atoms with E-state index in [0.717, 1.165) is 9.99 Å². The minimum absolute atomic E-state index is 0.262. The van der Waals surface area contributed by atoms with Gasteiger partial charge in [0.05, 0.1) is 12.2 Å². The predicted octanol–water partition coefficient (Wildman–Crippen LogP) is 3.69. The molecular formula is C15H13IO2. The van der Waals surface area contributed by atoms with Gasteiger partial charge in [-0.05, 0) is 52.4 Å². The molecule has 2 aromatic rings. The number of hydrogen-bond acceptors (Lipinski definition) is 2. The molecule has 0 spiro atoms. The van der Waals surface area contributed by atoms with Gasteiger partial charge in [-0.3, -0.25) is 0 Å². The molecule has 0 aliphatic rings. The average molecular weight is 352 g/mol. The minimum atomic E-state index is -0.262. The highest BCUT2D eigenvalue weighted by atomic mass is 127. The molecular weight excluding hydrogens is 339 g/mol. The molecule has 0 fully saturated rings. The van der Waals surface area contributed by atoms with Gasteiger partial charge in [-0.25, -0.2) is 4.79 Å². The van der Waals surface area contributed by atoms with Crippen LogP contribution in [-0.2, 0) is 11.2 Å². The van der Waals surface area contributed by atoms with Crippen molar-refractivity contribution in [2.75, 3.05) is 6.61 Å². The summed E-state index contributed by atoms with van der Waals surface area (Å²) in [5.74, 6) is -0.262. The van der Waals surface area contributed by atoms with Gasteiger partial charge in [-0.2, -0.15) is 0 Å². The summed E-state index contributed by atoms with van der Waals surface area (Å²) in [5.41, 5.74) is 1.77. The number of carbonyl (C=O) groups is 1. The van der Waals surface area contributed by atoms with E-state index in [1.807, 2.05) is 42.5 Å². The second kappa shape index (κ2) is 6.54. The Bertz CT molecular complexity index is 506. The number of halogens is 1. The van der Waals surface area contributed by atoms with Crippen molar-refractivity contribution in [1.82, 2.24) is 0 Å². The molecule has 0 atom stereocenters. The molecule has 0 bridgehead atoms. The first-order valence-corrected chi connectivity index (χ1v) is 6.80. The van der Waals surface area contributed by atoms with Crippen molar-refractivity contribution in [2.45, 2.75) is 6.42 Å². The molecule has 0 aromatic heterocycles. The topological polar surface area (TPSA) is 26.3 Å². The van der Waals surface area contributed by atoms with Crippen molar-refractivity contribution >= 4 is 28.6 Å². The number of esters is 1. The van der Waals surface area contributed by atoms with Crippen LogP contribution in [0.2, 0.25) is 0 Å². The molecule has 92 valence electrons. The SMILES string of the molecule is O=C(OCCc1ccccc1)c1ccc(I)cc1. The van der Waals surface area contributed by atoms with Crippen molar-refractivity contribution in [3.8, 4) is 0 Å². The fraction of sp³-hybridized carbons (Fsp3) is 0.133. The molecule has 3 heteroatoms. The van der Waals surface area contributed by atoms with E-state index in [1.165, 1.54) is 5.56 Å². The van der Waals surface area contributed by atoms with E-state index in [1.54, 1.807) is 12.1 Å². The fourth-order valence-corrected chi connectivity index (χ4v) is 1.94. The van der Waals surface area contributed by atoms with Gasteiger partial charge in [0.1, 0.15) is 0 Å². The van der Waals surface area contributed by atoms with Crippen LogP contribution in [0, 0.1) is 3.57 Å². The smallest absolute Gasteiger partial charge is 0.338 e. The second-order valence-corrected chi connectivity index (χ2v) is 5.12. The Balaban J connectivity index is 1.84. The van der Waals surface area contributed by atoms with E-state index in [0.29, 0.717) is 12.2 Å². The van der Waals surface area contributed by atoms with E-state index in [-0.39, 0.29) is 5.97 Å². The molecule has 2 aromatic carbocycles. The second-order valence-electron chi connectivity index (χ2n) is 3.88. The highest BCUT2D eigenvalue weighted by molar-refractivity contribution is 14.1. The van der Waals surface area contributed by atoms with E-state index in [2.05, 4.69) is 22.6 Å². The monoisotopic (exact) mass is 352 g/mol. The number of hydrogen-bond donors (Lipinski definition) is 0. The van der Waals surface area contributed by atoms with Gasteiger partial charge in [0.15, 0.2) is 0 Å². The Morgan fingerprint density at radius 1 is 1.00 bits per heavy atom. The maximum Gasteiger partial charge on any atom is 0.338 e. The summed E-state index contributed by atoms with van der Waals surface area (Å²) in [4.78, 5) is 11.7. The number of ether oxygens (including phenoxy) is 1. The highest BCUT2D eigenvalue weighted by Crippen LogP contribution is 2.08. The molecule has 0 aliphatic carbocycles. The summed E-state index contributed by atoms with van der Waals surface area (Å²) >= 11 is 2.20. The summed E-state index contributed by atoms with van der Waals surface area (Å²) < 4.78 is 6.34. The van der Waals surface area contributed by atoms with Crippen LogP contribution in [0.4, 0.5) is 0 Å². The van der Waals surface area contributed by atoms with E-state index >= 15 is 0 Å². The van der Waals surface area contributed by atoms with Crippen LogP contribution in [0.3, 0.4) is 0 Å². The molecule has 0 heterocycles. The first-order chi connectivity index (χ1) is 8.75. The summed E-state index contributed by atoms with van der Waals surface area (Å²) in [6.07, 6.45) is 0.747. The lowest BCUT2D eigenvalue weighted by Crippen LogP contribution is -2.08. The third-order valence-corrected chi connectivity index (χ3v) is 3.27. The van der Waals surface area contributed by atoms with Gasteiger partial charge in [0.2, 0.25) is 0 Å². The summed E-state index contributed by atoms with van der Waals surface area (Å²) in [6, 6.07) is 17.4. The van der Waals surface area contributed by atoms with Gasteiger partial charge in [0, 0.05) is 9.99 Å². The van der Waals surface area contributed by atoms with Crippen LogP contribution in [-0.4, -0.2) is 12.6 Å². The van der Waals surface area contributed by atoms with E-state index < -0.39 is 0 Å². The Hall–Kier alpha value is -1.36. The van der Waals surface area contributed by atoms with Crippen LogP contribution in [0.1, 0.15) is 15.9 Å². The lowest BCUT2D eigenvalue weighted by molar-refractivity contribution is 0.0509. The summed E-state index contributed by atoms with van der Waals surface area (Å²) in [6.45, 7) is 0.412. The molecule has 0 N–H and O–H groups in total. The van der Waals surface area contributed by atoms with Crippen LogP contribution >= 0.6 is 22.6 Å². The lowest BCUT2D eigenvalue weighted by Gasteiger charge is -2.05. The Morgan fingerprint density at radius 2 is 1.67 bits per heavy atom. The van der Waals surface area contributed by atoms with Crippen LogP contribution in [0.5, 0.6) is 0 Å². The third kappa shape index (κ3) is 3.84. The largest absolute Gasteiger partial charge is 0.462 e. The maximum atomic E-state index is 11.7. The predicted molar refractivity (Wildman–Crippen MR) is 79.6 cm³/mol. The van der Waals surface area contributed by atoms with Gasteiger partial charge in [-0.15, -0.1) is 0 Å². The molecule has 18 heavy (non-hydrogen) atoms. The number of carbonyl (C=O) groups excluding carboxylic acids is 1. The van der Waals surface area contributed by atoms with Crippen LogP contribution < -0.4 is 0 Å². The zero-order chi connectivity index (χ0) is 12.8. The highest BCUT2D eigenvalue weighted by Gasteiger charge is 2.06. The normalized spacial score (nSPS) is 10.1. The van der Waals surface area contributed by atoms with Crippen molar-refractivity contribution in [2.24, 2.45) is 0 Å². The van der Waals surface area contributed by atoms with Crippen LogP contribution in [0.15, 0.2) is 54.6 Å². The molecule has 2 nitrogen and oxygen atoms in total. The quantitative estimate of drug-likeness (QED) is 0.620. The molecule has 0 amide bonds. The average Bonchev–Trinajstić information content (AvgIpc) is 2.40.